The minimum absolute atomic E-state index is 0.00284. The van der Waals surface area contributed by atoms with Crippen LogP contribution in [0.2, 0.25) is 0 Å². The quantitative estimate of drug-likeness (QED) is 0.187. The molecule has 5 aromatic rings. The second-order valence-corrected chi connectivity index (χ2v) is 9.91. The number of H-pyrrole nitrogens is 1. The van der Waals surface area contributed by atoms with E-state index in [0.717, 1.165) is 6.07 Å². The molecule has 0 bridgehead atoms. The van der Waals surface area contributed by atoms with E-state index in [1.54, 1.807) is 30.6 Å². The summed E-state index contributed by atoms with van der Waals surface area (Å²) >= 11 is 0. The van der Waals surface area contributed by atoms with E-state index in [4.69, 9.17) is 0 Å². The maximum Gasteiger partial charge on any atom is 0.221 e. The number of halogens is 4. The first-order valence-corrected chi connectivity index (χ1v) is 12.9. The van der Waals surface area contributed by atoms with Gasteiger partial charge in [0.1, 0.15) is 29.1 Å². The molecule has 0 spiro atoms. The van der Waals surface area contributed by atoms with Crippen molar-refractivity contribution in [3.05, 3.63) is 119 Å². The van der Waals surface area contributed by atoms with E-state index in [0.29, 0.717) is 38.9 Å². The van der Waals surface area contributed by atoms with Gasteiger partial charge in [-0.1, -0.05) is 12.1 Å². The monoisotopic (exact) mass is 559 g/mol. The highest BCUT2D eigenvalue weighted by Crippen LogP contribution is 2.34. The lowest BCUT2D eigenvalue weighted by Crippen LogP contribution is -2.14. The molecule has 0 radical (unpaired) electrons. The number of benzene rings is 3. The van der Waals surface area contributed by atoms with Crippen LogP contribution in [-0.4, -0.2) is 21.7 Å². The lowest BCUT2D eigenvalue weighted by Gasteiger charge is -2.20. The minimum atomic E-state index is -0.745. The number of nitrogens with one attached hydrogen (secondary N) is 2. The molecule has 0 aliphatic carbocycles. The fourth-order valence-corrected chi connectivity index (χ4v) is 5.10. The first kappa shape index (κ1) is 27.8. The lowest BCUT2D eigenvalue weighted by atomic mass is 9.86. The van der Waals surface area contributed by atoms with Gasteiger partial charge in [0.2, 0.25) is 5.91 Å². The van der Waals surface area contributed by atoms with Gasteiger partial charge in [0.25, 0.3) is 0 Å². The van der Waals surface area contributed by atoms with Crippen LogP contribution in [0.15, 0.2) is 79.1 Å². The summed E-state index contributed by atoms with van der Waals surface area (Å²) in [7, 11) is 0. The zero-order chi connectivity index (χ0) is 29.1. The summed E-state index contributed by atoms with van der Waals surface area (Å²) in [6, 6.07) is 15.1. The van der Waals surface area contributed by atoms with E-state index in [1.807, 2.05) is 0 Å². The molecule has 9 heteroatoms. The Balaban J connectivity index is 1.52. The predicted molar refractivity (Wildman–Crippen MR) is 148 cm³/mol. The number of hydrogen-bond donors (Lipinski definition) is 2. The highest BCUT2D eigenvalue weighted by Gasteiger charge is 2.24. The number of carbonyl (C=O) groups is 2. The molecule has 3 aromatic carbocycles. The van der Waals surface area contributed by atoms with E-state index in [9.17, 15) is 27.2 Å². The van der Waals surface area contributed by atoms with Gasteiger partial charge in [-0.3, -0.25) is 14.6 Å². The number of ketones is 1. The Hall–Kier alpha value is -4.79. The van der Waals surface area contributed by atoms with Crippen LogP contribution in [0.4, 0.5) is 23.2 Å². The Morgan fingerprint density at radius 1 is 0.927 bits per heavy atom. The fraction of sp³-hybridized carbons (Fsp3) is 0.156. The van der Waals surface area contributed by atoms with Crippen LogP contribution < -0.4 is 5.32 Å². The minimum Gasteiger partial charge on any atom is -0.361 e. The summed E-state index contributed by atoms with van der Waals surface area (Å²) in [6.45, 7) is 1.27. The van der Waals surface area contributed by atoms with E-state index < -0.39 is 35.1 Å². The normalized spacial score (nSPS) is 11.9. The van der Waals surface area contributed by atoms with Gasteiger partial charge in [-0.2, -0.15) is 0 Å². The Kier molecular flexibility index (Phi) is 7.96. The molecule has 2 aromatic heterocycles. The Morgan fingerprint density at radius 3 is 2.46 bits per heavy atom. The molecular formula is C32H25F4N3O2. The van der Waals surface area contributed by atoms with Crippen LogP contribution in [0.1, 0.15) is 36.1 Å². The second-order valence-electron chi connectivity index (χ2n) is 9.91. The molecule has 0 aliphatic rings. The number of pyridine rings is 1. The standard InChI is InChI=1S/C32H25F4N3O2/c1-18(40)39-31-14-20(4-6-29(31)36)27-3-2-8-37-32(27)21(9-19-10-24(34)15-25(35)11-19)12-26(41)13-22-17-38-30-7-5-23(33)16-28(22)30/h2-8,10-11,14-17,21,38H,9,12-13H2,1H3,(H,39,40)/t21-/m1/s1. The molecule has 0 unspecified atom stereocenters. The molecule has 0 saturated heterocycles. The molecular weight excluding hydrogens is 534 g/mol. The third-order valence-corrected chi connectivity index (χ3v) is 6.81. The summed E-state index contributed by atoms with van der Waals surface area (Å²) in [6.07, 6.45) is 3.26. The molecule has 0 aliphatic heterocycles. The highest BCUT2D eigenvalue weighted by atomic mass is 19.1. The van der Waals surface area contributed by atoms with Crippen molar-refractivity contribution in [3.63, 3.8) is 0 Å². The summed E-state index contributed by atoms with van der Waals surface area (Å²) in [5.41, 5.74) is 3.21. The van der Waals surface area contributed by atoms with Crippen molar-refractivity contribution in [2.24, 2.45) is 0 Å². The van der Waals surface area contributed by atoms with Gasteiger partial charge in [-0.15, -0.1) is 0 Å². The smallest absolute Gasteiger partial charge is 0.221 e. The topological polar surface area (TPSA) is 74.8 Å². The first-order valence-electron chi connectivity index (χ1n) is 12.9. The van der Waals surface area contributed by atoms with Crippen molar-refractivity contribution in [2.75, 3.05) is 5.32 Å². The van der Waals surface area contributed by atoms with Gasteiger partial charge in [0.15, 0.2) is 0 Å². The molecule has 5 rings (SSSR count). The number of rotatable bonds is 9. The summed E-state index contributed by atoms with van der Waals surface area (Å²) < 4.78 is 56.4. The molecule has 41 heavy (non-hydrogen) atoms. The predicted octanol–water partition coefficient (Wildman–Crippen LogP) is 7.27. The van der Waals surface area contributed by atoms with Crippen molar-refractivity contribution >= 4 is 28.3 Å². The van der Waals surface area contributed by atoms with Gasteiger partial charge in [0.05, 0.1) is 11.4 Å². The molecule has 0 saturated carbocycles. The number of carbonyl (C=O) groups excluding carboxylic acids is 2. The molecule has 208 valence electrons. The number of nitrogens with zero attached hydrogens (tertiary/aromatic N) is 1. The first-order chi connectivity index (χ1) is 19.7. The maximum absolute atomic E-state index is 14.4. The van der Waals surface area contributed by atoms with E-state index >= 15 is 0 Å². The number of fused-ring (bicyclic) bond motifs is 1. The van der Waals surface area contributed by atoms with Crippen molar-refractivity contribution in [3.8, 4) is 11.1 Å². The largest absolute Gasteiger partial charge is 0.361 e. The second kappa shape index (κ2) is 11.8. The van der Waals surface area contributed by atoms with Crippen LogP contribution in [-0.2, 0) is 22.4 Å². The zero-order valence-corrected chi connectivity index (χ0v) is 22.0. The van der Waals surface area contributed by atoms with Crippen molar-refractivity contribution in [1.82, 2.24) is 9.97 Å². The van der Waals surface area contributed by atoms with Crippen LogP contribution in [0.25, 0.3) is 22.0 Å². The Labute approximate surface area is 233 Å². The zero-order valence-electron chi connectivity index (χ0n) is 22.0. The number of Topliss-reactive ketones (excluding diaryl/α,β-unsaturated/α-hetero) is 1. The molecule has 5 nitrogen and oxygen atoms in total. The average Bonchev–Trinajstić information content (AvgIpc) is 3.30. The summed E-state index contributed by atoms with van der Waals surface area (Å²) in [4.78, 5) is 32.6. The maximum atomic E-state index is 14.4. The number of aromatic amines is 1. The Morgan fingerprint density at radius 2 is 1.71 bits per heavy atom. The molecule has 1 atom stereocenters. The number of anilines is 1. The SMILES string of the molecule is CC(=O)Nc1cc(-c2cccnc2[C@@H](CC(=O)Cc2c[nH]c3ccc(F)cc23)Cc2cc(F)cc(F)c2)ccc1F. The fourth-order valence-electron chi connectivity index (χ4n) is 5.10. The van der Waals surface area contributed by atoms with E-state index in [-0.39, 0.29) is 30.7 Å². The molecule has 2 heterocycles. The van der Waals surface area contributed by atoms with Gasteiger partial charge in [-0.25, -0.2) is 17.6 Å². The highest BCUT2D eigenvalue weighted by molar-refractivity contribution is 5.91. The van der Waals surface area contributed by atoms with Gasteiger partial charge < -0.3 is 10.3 Å². The molecule has 1 amide bonds. The van der Waals surface area contributed by atoms with Crippen molar-refractivity contribution in [2.45, 2.75) is 32.1 Å². The number of hydrogen-bond acceptors (Lipinski definition) is 3. The van der Waals surface area contributed by atoms with Crippen LogP contribution in [0, 0.1) is 23.3 Å². The van der Waals surface area contributed by atoms with Gasteiger partial charge >= 0.3 is 0 Å². The summed E-state index contributed by atoms with van der Waals surface area (Å²) in [5.74, 6) is -3.78. The van der Waals surface area contributed by atoms with Crippen molar-refractivity contribution in [1.29, 1.82) is 0 Å². The molecule has 2 N–H and O–H groups in total. The third kappa shape index (κ3) is 6.51. The Bertz CT molecular complexity index is 1750. The van der Waals surface area contributed by atoms with Gasteiger partial charge in [-0.05, 0) is 71.6 Å². The number of amides is 1. The third-order valence-electron chi connectivity index (χ3n) is 6.81. The van der Waals surface area contributed by atoms with Crippen LogP contribution >= 0.6 is 0 Å². The lowest BCUT2D eigenvalue weighted by molar-refractivity contribution is -0.119. The molecule has 0 fully saturated rings. The van der Waals surface area contributed by atoms with Crippen LogP contribution in [0.3, 0.4) is 0 Å². The van der Waals surface area contributed by atoms with E-state index in [1.165, 1.54) is 49.4 Å². The van der Waals surface area contributed by atoms with Crippen LogP contribution in [0.5, 0.6) is 0 Å². The van der Waals surface area contributed by atoms with E-state index in [2.05, 4.69) is 15.3 Å². The summed E-state index contributed by atoms with van der Waals surface area (Å²) in [5, 5.41) is 3.05. The average molecular weight is 560 g/mol. The van der Waals surface area contributed by atoms with Crippen molar-refractivity contribution < 1.29 is 27.2 Å². The number of aromatic nitrogens is 2. The van der Waals surface area contributed by atoms with Gasteiger partial charge in [0, 0.05) is 60.6 Å².